The molecule has 7 nitrogen and oxygen atoms in total. The number of benzene rings is 1. The fraction of sp³-hybridized carbons (Fsp3) is 0.667. The summed E-state index contributed by atoms with van der Waals surface area (Å²) < 4.78 is 11.1. The molecule has 0 unspecified atom stereocenters. The number of rotatable bonds is 11. The van der Waals surface area contributed by atoms with E-state index in [1.807, 2.05) is 29.2 Å². The van der Waals surface area contributed by atoms with Gasteiger partial charge in [-0.15, -0.1) is 24.0 Å². The van der Waals surface area contributed by atoms with E-state index in [-0.39, 0.29) is 41.9 Å². The summed E-state index contributed by atoms with van der Waals surface area (Å²) in [6.45, 7) is 8.92. The van der Waals surface area contributed by atoms with Gasteiger partial charge in [-0.2, -0.15) is 0 Å². The summed E-state index contributed by atoms with van der Waals surface area (Å²) in [6.07, 6.45) is 6.98. The molecule has 1 saturated carbocycles. The van der Waals surface area contributed by atoms with Gasteiger partial charge < -0.3 is 25.0 Å². The van der Waals surface area contributed by atoms with Crippen molar-refractivity contribution < 1.29 is 14.3 Å². The van der Waals surface area contributed by atoms with E-state index in [1.54, 1.807) is 0 Å². The Morgan fingerprint density at radius 3 is 2.75 bits per heavy atom. The highest BCUT2D eigenvalue weighted by atomic mass is 127. The summed E-state index contributed by atoms with van der Waals surface area (Å²) in [5.74, 6) is 1.65. The van der Waals surface area contributed by atoms with Gasteiger partial charge in [-0.05, 0) is 57.1 Å². The average Bonchev–Trinajstić information content (AvgIpc) is 3.25. The molecule has 0 aromatic heterocycles. The minimum absolute atomic E-state index is 0. The van der Waals surface area contributed by atoms with Gasteiger partial charge in [0, 0.05) is 39.4 Å². The van der Waals surface area contributed by atoms with E-state index < -0.39 is 0 Å². The van der Waals surface area contributed by atoms with Crippen molar-refractivity contribution in [1.82, 2.24) is 10.6 Å². The first-order valence-electron chi connectivity index (χ1n) is 11.8. The van der Waals surface area contributed by atoms with Crippen molar-refractivity contribution in [2.75, 3.05) is 50.9 Å². The number of hydrogen-bond donors (Lipinski definition) is 2. The Morgan fingerprint density at radius 2 is 2.00 bits per heavy atom. The van der Waals surface area contributed by atoms with Crippen molar-refractivity contribution in [2.24, 2.45) is 10.4 Å². The molecule has 0 saturated heterocycles. The smallest absolute Gasteiger partial charge is 0.265 e. The lowest BCUT2D eigenvalue weighted by molar-refractivity contribution is -0.121. The van der Waals surface area contributed by atoms with Crippen LogP contribution in [0.2, 0.25) is 0 Å². The number of guanidine groups is 1. The molecule has 0 radical (unpaired) electrons. The summed E-state index contributed by atoms with van der Waals surface area (Å²) in [7, 11) is 0. The lowest BCUT2D eigenvalue weighted by Gasteiger charge is -2.29. The molecule has 180 valence electrons. The number of nitrogens with zero attached hydrogens (tertiary/aromatic N) is 2. The molecule has 1 aliphatic heterocycles. The Morgan fingerprint density at radius 1 is 1.22 bits per heavy atom. The van der Waals surface area contributed by atoms with Gasteiger partial charge >= 0.3 is 0 Å². The normalized spacial score (nSPS) is 17.4. The van der Waals surface area contributed by atoms with Gasteiger partial charge in [-0.3, -0.25) is 9.79 Å². The summed E-state index contributed by atoms with van der Waals surface area (Å²) in [5.41, 5.74) is 1.14. The van der Waals surface area contributed by atoms with Crippen LogP contribution in [0.4, 0.5) is 5.69 Å². The van der Waals surface area contributed by atoms with Crippen LogP contribution < -0.4 is 20.3 Å². The van der Waals surface area contributed by atoms with Gasteiger partial charge in [-0.1, -0.05) is 25.0 Å². The van der Waals surface area contributed by atoms with Crippen LogP contribution in [0.5, 0.6) is 5.75 Å². The fourth-order valence-corrected chi connectivity index (χ4v) is 4.48. The molecule has 2 N–H and O–H groups in total. The number of carbonyl (C=O) groups excluding carboxylic acids is 1. The number of hydrogen-bond acceptors (Lipinski definition) is 4. The van der Waals surface area contributed by atoms with Crippen molar-refractivity contribution in [3.05, 3.63) is 24.3 Å². The van der Waals surface area contributed by atoms with Gasteiger partial charge in [0.15, 0.2) is 12.6 Å². The highest BCUT2D eigenvalue weighted by Gasteiger charge is 2.33. The molecule has 1 aromatic rings. The second-order valence-corrected chi connectivity index (χ2v) is 8.43. The molecule has 3 rings (SSSR count). The van der Waals surface area contributed by atoms with E-state index >= 15 is 0 Å². The van der Waals surface area contributed by atoms with Crippen molar-refractivity contribution in [3.8, 4) is 5.75 Å². The van der Waals surface area contributed by atoms with E-state index in [9.17, 15) is 4.79 Å². The minimum atomic E-state index is 0. The van der Waals surface area contributed by atoms with Crippen LogP contribution in [-0.4, -0.2) is 57.9 Å². The third-order valence-corrected chi connectivity index (χ3v) is 6.22. The van der Waals surface area contributed by atoms with Crippen LogP contribution in [0, 0.1) is 5.41 Å². The van der Waals surface area contributed by atoms with E-state index in [2.05, 4.69) is 24.5 Å². The van der Waals surface area contributed by atoms with Crippen LogP contribution in [0.1, 0.15) is 52.4 Å². The van der Waals surface area contributed by atoms with Gasteiger partial charge in [-0.25, -0.2) is 0 Å². The fourth-order valence-electron chi connectivity index (χ4n) is 4.48. The molecule has 0 atom stereocenters. The quantitative estimate of drug-likeness (QED) is 0.186. The lowest BCUT2D eigenvalue weighted by Crippen LogP contribution is -2.42. The van der Waals surface area contributed by atoms with E-state index in [0.717, 1.165) is 63.1 Å². The van der Waals surface area contributed by atoms with Crippen LogP contribution in [-0.2, 0) is 9.53 Å². The zero-order valence-corrected chi connectivity index (χ0v) is 21.9. The van der Waals surface area contributed by atoms with Crippen molar-refractivity contribution in [1.29, 1.82) is 0 Å². The molecule has 1 heterocycles. The van der Waals surface area contributed by atoms with E-state index in [0.29, 0.717) is 6.54 Å². The molecule has 32 heavy (non-hydrogen) atoms. The van der Waals surface area contributed by atoms with Crippen molar-refractivity contribution in [3.63, 3.8) is 0 Å². The number of anilines is 1. The standard InChI is InChI=1S/C24H38N4O3.HI/c1-3-25-23(27-19-24(12-7-8-13-24)14-17-30-4-2)26-15-9-16-28-20-10-5-6-11-21(20)31-18-22(28)29;/h5-6,10-11H,3-4,7-9,12-19H2,1-2H3,(H2,25,26,27);1H. The van der Waals surface area contributed by atoms with Crippen LogP contribution >= 0.6 is 24.0 Å². The number of carbonyl (C=O) groups is 1. The predicted molar refractivity (Wildman–Crippen MR) is 140 cm³/mol. The van der Waals surface area contributed by atoms with Crippen LogP contribution in [0.3, 0.4) is 0 Å². The molecule has 1 aromatic carbocycles. The zero-order valence-electron chi connectivity index (χ0n) is 19.5. The third kappa shape index (κ3) is 7.50. The molecule has 0 bridgehead atoms. The first kappa shape index (κ1) is 26.7. The first-order chi connectivity index (χ1) is 15.2. The summed E-state index contributed by atoms with van der Waals surface area (Å²) >= 11 is 0. The van der Waals surface area contributed by atoms with Crippen LogP contribution in [0.15, 0.2) is 29.3 Å². The predicted octanol–water partition coefficient (Wildman–Crippen LogP) is 3.96. The average molecular weight is 559 g/mol. The Hall–Kier alpha value is -1.55. The second kappa shape index (κ2) is 13.9. The maximum absolute atomic E-state index is 12.3. The van der Waals surface area contributed by atoms with Gasteiger partial charge in [0.1, 0.15) is 5.75 Å². The molecule has 1 aliphatic carbocycles. The zero-order chi connectivity index (χ0) is 21.9. The molecule has 0 spiro atoms. The highest BCUT2D eigenvalue weighted by molar-refractivity contribution is 14.0. The van der Waals surface area contributed by atoms with Crippen molar-refractivity contribution in [2.45, 2.75) is 52.4 Å². The Labute approximate surface area is 209 Å². The third-order valence-electron chi connectivity index (χ3n) is 6.22. The number of para-hydroxylation sites is 2. The lowest BCUT2D eigenvalue weighted by atomic mass is 9.83. The maximum Gasteiger partial charge on any atom is 0.265 e. The van der Waals surface area contributed by atoms with E-state index in [4.69, 9.17) is 14.5 Å². The maximum atomic E-state index is 12.3. The monoisotopic (exact) mass is 558 g/mol. The highest BCUT2D eigenvalue weighted by Crippen LogP contribution is 2.41. The van der Waals surface area contributed by atoms with E-state index in [1.165, 1.54) is 25.7 Å². The summed E-state index contributed by atoms with van der Waals surface area (Å²) in [4.78, 5) is 19.1. The number of ether oxygens (including phenoxy) is 2. The molecule has 1 amide bonds. The van der Waals surface area contributed by atoms with Gasteiger partial charge in [0.05, 0.1) is 5.69 Å². The SMILES string of the molecule is CCNC(=NCC1(CCOCC)CCCC1)NCCCN1C(=O)COc2ccccc21.I. The first-order valence-corrected chi connectivity index (χ1v) is 11.8. The number of amides is 1. The topological polar surface area (TPSA) is 75.2 Å². The van der Waals surface area contributed by atoms with Crippen LogP contribution in [0.25, 0.3) is 0 Å². The summed E-state index contributed by atoms with van der Waals surface area (Å²) in [6, 6.07) is 7.72. The number of aliphatic imine (C=N–C) groups is 1. The molecule has 2 aliphatic rings. The number of fused-ring (bicyclic) bond motifs is 1. The Kier molecular flexibility index (Phi) is 11.6. The Balaban J connectivity index is 0.00000363. The molecule has 1 fully saturated rings. The second-order valence-electron chi connectivity index (χ2n) is 8.43. The van der Waals surface area contributed by atoms with Gasteiger partial charge in [0.2, 0.25) is 0 Å². The number of nitrogens with one attached hydrogen (secondary N) is 2. The molecular weight excluding hydrogens is 519 g/mol. The molecule has 8 heteroatoms. The summed E-state index contributed by atoms with van der Waals surface area (Å²) in [5, 5.41) is 6.81. The molecular formula is C24H39IN4O3. The Bertz CT molecular complexity index is 738. The van der Waals surface area contributed by atoms with Crippen molar-refractivity contribution >= 4 is 41.5 Å². The van der Waals surface area contributed by atoms with Gasteiger partial charge in [0.25, 0.3) is 5.91 Å². The number of halogens is 1. The minimum Gasteiger partial charge on any atom is -0.482 e. The largest absolute Gasteiger partial charge is 0.482 e.